The SMILES string of the molecule is c1ccc2c(c1)Oc1ccccc1N2c1ccc2c3ccccc3c3c4cc(N5c6ccccc6Oc6ccccc65)ccc4c4ccccc4c3c2c1. The molecule has 54 heavy (non-hydrogen) atoms. The second kappa shape index (κ2) is 11.1. The lowest BCUT2D eigenvalue weighted by Crippen LogP contribution is -2.15. The maximum Gasteiger partial charge on any atom is 0.151 e. The molecule has 0 unspecified atom stereocenters. The fourth-order valence-electron chi connectivity index (χ4n) is 8.89. The molecule has 0 spiro atoms. The summed E-state index contributed by atoms with van der Waals surface area (Å²) >= 11 is 0. The van der Waals surface area contributed by atoms with E-state index in [1.165, 1.54) is 53.9 Å². The molecule has 0 saturated carbocycles. The second-order valence-electron chi connectivity index (χ2n) is 14.0. The van der Waals surface area contributed by atoms with Gasteiger partial charge < -0.3 is 19.3 Å². The first-order valence-electron chi connectivity index (χ1n) is 18.3. The van der Waals surface area contributed by atoms with Gasteiger partial charge in [0.25, 0.3) is 0 Å². The Morgan fingerprint density at radius 3 is 0.926 bits per heavy atom. The summed E-state index contributed by atoms with van der Waals surface area (Å²) in [6.45, 7) is 0. The minimum absolute atomic E-state index is 0.842. The number of benzene rings is 10. The van der Waals surface area contributed by atoms with Crippen molar-refractivity contribution in [3.8, 4) is 23.0 Å². The van der Waals surface area contributed by atoms with Gasteiger partial charge in [0.1, 0.15) is 0 Å². The molecule has 0 bridgehead atoms. The lowest BCUT2D eigenvalue weighted by molar-refractivity contribution is 0.477. The third kappa shape index (κ3) is 4.08. The van der Waals surface area contributed by atoms with Crippen molar-refractivity contribution in [1.82, 2.24) is 0 Å². The molecule has 12 rings (SSSR count). The molecule has 2 heterocycles. The van der Waals surface area contributed by atoms with Crippen LogP contribution in [0.3, 0.4) is 0 Å². The standard InChI is InChI=1S/C50H30N2O2/c1-3-15-37-33(13-1)35-27-25-31(51-41-17-5-9-21-45(41)53-46-22-10-6-18-42(46)51)29-39(35)50-38-16-4-2-14-34(38)36-28-26-32(30-40(36)49(37)50)52-43-19-7-11-23-47(43)54-48-24-12-8-20-44(48)52/h1-30H. The van der Waals surface area contributed by atoms with E-state index in [1.54, 1.807) is 0 Å². The molecule has 4 heteroatoms. The zero-order valence-corrected chi connectivity index (χ0v) is 29.0. The molecule has 0 aliphatic carbocycles. The quantitative estimate of drug-likeness (QED) is 0.169. The Morgan fingerprint density at radius 1 is 0.259 bits per heavy atom. The fraction of sp³-hybridized carbons (Fsp3) is 0. The molecule has 0 atom stereocenters. The summed E-state index contributed by atoms with van der Waals surface area (Å²) in [5, 5.41) is 12.3. The zero-order valence-electron chi connectivity index (χ0n) is 29.0. The van der Waals surface area contributed by atoms with Crippen molar-refractivity contribution in [2.75, 3.05) is 9.80 Å². The van der Waals surface area contributed by atoms with Crippen LogP contribution in [0.2, 0.25) is 0 Å². The first-order chi connectivity index (χ1) is 26.8. The molecule has 2 aliphatic rings. The average Bonchev–Trinajstić information content (AvgIpc) is 3.24. The van der Waals surface area contributed by atoms with E-state index in [2.05, 4.69) is 143 Å². The maximum absolute atomic E-state index is 6.40. The van der Waals surface area contributed by atoms with Crippen LogP contribution in [0.5, 0.6) is 23.0 Å². The number of ether oxygens (including phenoxy) is 2. The van der Waals surface area contributed by atoms with E-state index >= 15 is 0 Å². The molecule has 10 aromatic carbocycles. The molecule has 10 aromatic rings. The zero-order chi connectivity index (χ0) is 35.3. The molecule has 252 valence electrons. The van der Waals surface area contributed by atoms with E-state index < -0.39 is 0 Å². The summed E-state index contributed by atoms with van der Waals surface area (Å²) in [6, 6.07) is 64.9. The van der Waals surface area contributed by atoms with Crippen molar-refractivity contribution in [3.63, 3.8) is 0 Å². The van der Waals surface area contributed by atoms with Crippen molar-refractivity contribution in [2.24, 2.45) is 0 Å². The lowest BCUT2D eigenvalue weighted by atomic mass is 9.86. The van der Waals surface area contributed by atoms with Gasteiger partial charge in [-0.25, -0.2) is 0 Å². The Hall–Kier alpha value is -7.30. The second-order valence-corrected chi connectivity index (χ2v) is 14.0. The Labute approximate surface area is 311 Å². The van der Waals surface area contributed by atoms with Crippen molar-refractivity contribution >= 4 is 88.0 Å². The summed E-state index contributed by atoms with van der Waals surface area (Å²) in [5.74, 6) is 3.37. The highest BCUT2D eigenvalue weighted by Gasteiger charge is 2.28. The first kappa shape index (κ1) is 29.3. The monoisotopic (exact) mass is 690 g/mol. The smallest absolute Gasteiger partial charge is 0.151 e. The summed E-state index contributed by atoms with van der Waals surface area (Å²) in [5.41, 5.74) is 6.25. The summed E-state index contributed by atoms with van der Waals surface area (Å²) in [4.78, 5) is 4.67. The van der Waals surface area contributed by atoms with Crippen molar-refractivity contribution < 1.29 is 9.47 Å². The highest BCUT2D eigenvalue weighted by Crippen LogP contribution is 2.54. The number of nitrogens with zero attached hydrogens (tertiary/aromatic N) is 2. The summed E-state index contributed by atoms with van der Waals surface area (Å²) in [7, 11) is 0. The van der Waals surface area contributed by atoms with Crippen LogP contribution in [-0.2, 0) is 0 Å². The Kier molecular flexibility index (Phi) is 6.02. The van der Waals surface area contributed by atoms with E-state index in [0.29, 0.717) is 0 Å². The van der Waals surface area contributed by atoms with Gasteiger partial charge in [-0.15, -0.1) is 0 Å². The van der Waals surface area contributed by atoms with Crippen molar-refractivity contribution in [1.29, 1.82) is 0 Å². The number of anilines is 6. The summed E-state index contributed by atoms with van der Waals surface area (Å²) in [6.07, 6.45) is 0. The van der Waals surface area contributed by atoms with Gasteiger partial charge in [0.15, 0.2) is 23.0 Å². The summed E-state index contributed by atoms with van der Waals surface area (Å²) < 4.78 is 12.8. The van der Waals surface area contributed by atoms with Crippen LogP contribution in [-0.4, -0.2) is 0 Å². The predicted octanol–water partition coefficient (Wildman–Crippen LogP) is 14.6. The van der Waals surface area contributed by atoms with Gasteiger partial charge in [0.2, 0.25) is 0 Å². The average molecular weight is 691 g/mol. The predicted molar refractivity (Wildman–Crippen MR) is 223 cm³/mol. The van der Waals surface area contributed by atoms with Gasteiger partial charge in [0.05, 0.1) is 22.7 Å². The molecular weight excluding hydrogens is 661 g/mol. The van der Waals surface area contributed by atoms with E-state index in [9.17, 15) is 0 Å². The van der Waals surface area contributed by atoms with Gasteiger partial charge in [-0.1, -0.05) is 109 Å². The van der Waals surface area contributed by atoms with Crippen LogP contribution >= 0.6 is 0 Å². The van der Waals surface area contributed by atoms with Crippen molar-refractivity contribution in [3.05, 3.63) is 182 Å². The first-order valence-corrected chi connectivity index (χ1v) is 18.3. The van der Waals surface area contributed by atoms with Crippen LogP contribution < -0.4 is 19.3 Å². The highest BCUT2D eigenvalue weighted by atomic mass is 16.5. The molecular formula is C50H30N2O2. The largest absolute Gasteiger partial charge is 0.453 e. The Bertz CT molecular complexity index is 2900. The van der Waals surface area contributed by atoms with E-state index in [1.807, 2.05) is 48.5 Å². The van der Waals surface area contributed by atoms with Crippen LogP contribution in [0.25, 0.3) is 53.9 Å². The number of fused-ring (bicyclic) bond motifs is 15. The topological polar surface area (TPSA) is 24.9 Å². The van der Waals surface area contributed by atoms with E-state index in [4.69, 9.17) is 9.47 Å². The lowest BCUT2D eigenvalue weighted by Gasteiger charge is -2.33. The number of hydrogen-bond acceptors (Lipinski definition) is 4. The molecule has 2 aliphatic heterocycles. The van der Waals surface area contributed by atoms with Gasteiger partial charge in [-0.2, -0.15) is 0 Å². The fourth-order valence-corrected chi connectivity index (χ4v) is 8.89. The number of para-hydroxylation sites is 8. The van der Waals surface area contributed by atoms with Crippen molar-refractivity contribution in [2.45, 2.75) is 0 Å². The van der Waals surface area contributed by atoms with Crippen LogP contribution in [0.1, 0.15) is 0 Å². The molecule has 4 nitrogen and oxygen atoms in total. The molecule has 0 N–H and O–H groups in total. The third-order valence-corrected chi connectivity index (χ3v) is 11.1. The van der Waals surface area contributed by atoms with Gasteiger partial charge in [-0.05, 0) is 127 Å². The molecule has 0 fully saturated rings. The van der Waals surface area contributed by atoms with Crippen LogP contribution in [0, 0.1) is 0 Å². The van der Waals surface area contributed by atoms with Gasteiger partial charge in [-0.3, -0.25) is 0 Å². The van der Waals surface area contributed by atoms with E-state index in [-0.39, 0.29) is 0 Å². The molecule has 0 amide bonds. The Balaban J connectivity index is 1.20. The minimum atomic E-state index is 0.842. The number of rotatable bonds is 2. The van der Waals surface area contributed by atoms with Gasteiger partial charge >= 0.3 is 0 Å². The normalized spacial score (nSPS) is 13.0. The molecule has 0 saturated heterocycles. The van der Waals surface area contributed by atoms with E-state index in [0.717, 1.165) is 57.1 Å². The van der Waals surface area contributed by atoms with Crippen LogP contribution in [0.4, 0.5) is 34.1 Å². The third-order valence-electron chi connectivity index (χ3n) is 11.1. The number of hydrogen-bond donors (Lipinski definition) is 0. The highest BCUT2D eigenvalue weighted by molar-refractivity contribution is 6.40. The minimum Gasteiger partial charge on any atom is -0.453 e. The Morgan fingerprint density at radius 2 is 0.556 bits per heavy atom. The maximum atomic E-state index is 6.40. The molecule has 0 aromatic heterocycles. The van der Waals surface area contributed by atoms with Crippen LogP contribution in [0.15, 0.2) is 182 Å². The van der Waals surface area contributed by atoms with Gasteiger partial charge in [0, 0.05) is 11.4 Å². The molecule has 0 radical (unpaired) electrons.